The van der Waals surface area contributed by atoms with Crippen molar-refractivity contribution in [1.82, 2.24) is 0 Å². The molecule has 0 spiro atoms. The third-order valence-corrected chi connectivity index (χ3v) is 12.0. The van der Waals surface area contributed by atoms with Crippen LogP contribution in [0.3, 0.4) is 0 Å². The van der Waals surface area contributed by atoms with Crippen molar-refractivity contribution in [2.24, 2.45) is 0 Å². The van der Waals surface area contributed by atoms with E-state index in [1.165, 1.54) is 22.3 Å². The smallest absolute Gasteiger partial charge is 0.160 e. The van der Waals surface area contributed by atoms with Crippen LogP contribution in [0.2, 0.25) is 0 Å². The minimum absolute atomic E-state index is 0.0261. The fourth-order valence-corrected chi connectivity index (χ4v) is 8.94. The van der Waals surface area contributed by atoms with Crippen molar-refractivity contribution >= 4 is 88.8 Å². The van der Waals surface area contributed by atoms with Gasteiger partial charge in [-0.2, -0.15) is 0 Å². The van der Waals surface area contributed by atoms with Gasteiger partial charge in [0.25, 0.3) is 0 Å². The van der Waals surface area contributed by atoms with Crippen LogP contribution >= 0.6 is 0 Å². The summed E-state index contributed by atoms with van der Waals surface area (Å²) in [5.74, 6) is 0. The van der Waals surface area contributed by atoms with Crippen molar-refractivity contribution in [3.8, 4) is 0 Å². The summed E-state index contributed by atoms with van der Waals surface area (Å²) < 4.78 is 14.2. The number of rotatable bonds is 6. The summed E-state index contributed by atoms with van der Waals surface area (Å²) >= 11 is 0. The van der Waals surface area contributed by atoms with E-state index in [1.807, 2.05) is 6.07 Å². The molecule has 0 saturated carbocycles. The van der Waals surface area contributed by atoms with Gasteiger partial charge in [0.15, 0.2) is 5.58 Å². The summed E-state index contributed by atoms with van der Waals surface area (Å²) in [7, 11) is 0. The zero-order chi connectivity index (χ0) is 41.5. The van der Waals surface area contributed by atoms with Crippen LogP contribution in [0.1, 0.15) is 63.8 Å². The number of para-hydroxylation sites is 1. The van der Waals surface area contributed by atoms with Crippen molar-refractivity contribution in [2.45, 2.75) is 66.2 Å². The summed E-state index contributed by atoms with van der Waals surface area (Å²) in [5.41, 5.74) is 14.6. The summed E-state index contributed by atoms with van der Waals surface area (Å²) in [6.07, 6.45) is 0. The van der Waals surface area contributed by atoms with Gasteiger partial charge in [0.05, 0.1) is 11.4 Å². The Morgan fingerprint density at radius 2 is 0.850 bits per heavy atom. The molecule has 2 heterocycles. The molecule has 0 unspecified atom stereocenters. The minimum Gasteiger partial charge on any atom is -0.456 e. The molecular weight excluding hydrogens is 733 g/mol. The molecule has 0 radical (unpaired) electrons. The largest absolute Gasteiger partial charge is 0.456 e. The molecule has 4 nitrogen and oxygen atoms in total. The van der Waals surface area contributed by atoms with Crippen molar-refractivity contribution in [3.63, 3.8) is 0 Å². The second-order valence-corrected chi connectivity index (χ2v) is 18.4. The standard InChI is InChI=1S/C56H50N2O2/c1-35-15-13-17-41(31-35)57(39-27-23-37(24-28-39)55(3,4)5)46-33-49-51(44-20-10-9-19-43(44)46)53-50(59-49)34-47(54-52(53)45-21-11-12-22-48(45)60-54)58(42-18-14-16-36(2)32-42)40-29-25-38(26-30-40)56(6,7)8/h9-34H,1-8H3. The Kier molecular flexibility index (Phi) is 8.69. The van der Waals surface area contributed by atoms with E-state index in [2.05, 4.69) is 217 Å². The van der Waals surface area contributed by atoms with Crippen LogP contribution in [0, 0.1) is 13.8 Å². The normalized spacial score (nSPS) is 12.3. The molecule has 10 aromatic rings. The van der Waals surface area contributed by atoms with E-state index in [-0.39, 0.29) is 10.8 Å². The molecule has 8 aromatic carbocycles. The molecule has 10 rings (SSSR count). The van der Waals surface area contributed by atoms with Crippen molar-refractivity contribution in [1.29, 1.82) is 0 Å². The highest BCUT2D eigenvalue weighted by Gasteiger charge is 2.28. The van der Waals surface area contributed by atoms with Crippen LogP contribution in [-0.4, -0.2) is 0 Å². The van der Waals surface area contributed by atoms with E-state index in [4.69, 9.17) is 8.83 Å². The zero-order valence-electron chi connectivity index (χ0n) is 35.7. The molecule has 0 aliphatic heterocycles. The molecule has 0 aliphatic carbocycles. The van der Waals surface area contributed by atoms with Gasteiger partial charge in [-0.25, -0.2) is 0 Å². The molecule has 0 N–H and O–H groups in total. The average molecular weight is 783 g/mol. The van der Waals surface area contributed by atoms with Gasteiger partial charge in [-0.1, -0.05) is 133 Å². The summed E-state index contributed by atoms with van der Waals surface area (Å²) in [5, 5.41) is 6.51. The molecule has 0 fully saturated rings. The lowest BCUT2D eigenvalue weighted by atomic mass is 9.87. The highest BCUT2D eigenvalue weighted by Crippen LogP contribution is 2.51. The lowest BCUT2D eigenvalue weighted by Gasteiger charge is -2.28. The number of fused-ring (bicyclic) bond motifs is 9. The second-order valence-electron chi connectivity index (χ2n) is 18.4. The minimum atomic E-state index is 0.0261. The van der Waals surface area contributed by atoms with Gasteiger partial charge in [-0.15, -0.1) is 0 Å². The van der Waals surface area contributed by atoms with Crippen molar-refractivity contribution in [2.75, 3.05) is 9.80 Å². The summed E-state index contributed by atoms with van der Waals surface area (Å²) in [4.78, 5) is 4.70. The molecule has 0 atom stereocenters. The van der Waals surface area contributed by atoms with Gasteiger partial charge >= 0.3 is 0 Å². The Morgan fingerprint density at radius 3 is 1.40 bits per heavy atom. The van der Waals surface area contributed by atoms with Crippen LogP contribution < -0.4 is 9.80 Å². The van der Waals surface area contributed by atoms with E-state index in [9.17, 15) is 0 Å². The van der Waals surface area contributed by atoms with Crippen LogP contribution in [0.15, 0.2) is 167 Å². The molecule has 0 bridgehead atoms. The first-order valence-electron chi connectivity index (χ1n) is 21.0. The molecular formula is C56H50N2O2. The van der Waals surface area contributed by atoms with Gasteiger partial charge in [0.2, 0.25) is 0 Å². The first kappa shape index (κ1) is 37.5. The summed E-state index contributed by atoms with van der Waals surface area (Å²) in [6, 6.07) is 57.0. The van der Waals surface area contributed by atoms with Gasteiger partial charge in [0.1, 0.15) is 16.7 Å². The third kappa shape index (κ3) is 6.30. The Bertz CT molecular complexity index is 3240. The Morgan fingerprint density at radius 1 is 0.367 bits per heavy atom. The Labute approximate surface area is 352 Å². The number of nitrogens with zero attached hydrogens (tertiary/aromatic N) is 2. The van der Waals surface area contributed by atoms with Crippen LogP contribution in [-0.2, 0) is 10.8 Å². The van der Waals surface area contributed by atoms with Gasteiger partial charge < -0.3 is 18.6 Å². The fourth-order valence-electron chi connectivity index (χ4n) is 8.94. The number of aryl methyl sites for hydroxylation is 2. The highest BCUT2D eigenvalue weighted by atomic mass is 16.3. The van der Waals surface area contributed by atoms with Crippen LogP contribution in [0.25, 0.3) is 54.6 Å². The van der Waals surface area contributed by atoms with Crippen molar-refractivity contribution in [3.05, 3.63) is 180 Å². The van der Waals surface area contributed by atoms with Crippen LogP contribution in [0.4, 0.5) is 34.1 Å². The lowest BCUT2D eigenvalue weighted by Crippen LogP contribution is -2.13. The Hall–Kier alpha value is -6.78. The SMILES string of the molecule is Cc1cccc(N(c2ccc(C(C)(C)C)cc2)c2cc3oc4cc(N(c5ccc(C(C)(C)C)cc5)c5cccc(C)c5)c5oc6ccccc6c5c4c3c3ccccc23)c1. The van der Waals surface area contributed by atoms with E-state index in [0.717, 1.165) is 88.8 Å². The maximum Gasteiger partial charge on any atom is 0.160 e. The van der Waals surface area contributed by atoms with E-state index in [1.54, 1.807) is 0 Å². The number of hydrogen-bond donors (Lipinski definition) is 0. The maximum atomic E-state index is 7.19. The Balaban J connectivity index is 1.29. The average Bonchev–Trinajstić information content (AvgIpc) is 3.79. The molecule has 60 heavy (non-hydrogen) atoms. The molecule has 296 valence electrons. The molecule has 4 heteroatoms. The number of anilines is 6. The zero-order valence-corrected chi connectivity index (χ0v) is 35.7. The first-order valence-corrected chi connectivity index (χ1v) is 21.0. The van der Waals surface area contributed by atoms with E-state index < -0.39 is 0 Å². The number of hydrogen-bond acceptors (Lipinski definition) is 4. The monoisotopic (exact) mass is 782 g/mol. The number of furan rings is 2. The molecule has 2 aromatic heterocycles. The third-order valence-electron chi connectivity index (χ3n) is 12.0. The van der Waals surface area contributed by atoms with Crippen molar-refractivity contribution < 1.29 is 8.83 Å². The number of benzene rings is 8. The van der Waals surface area contributed by atoms with Gasteiger partial charge in [-0.3, -0.25) is 0 Å². The maximum absolute atomic E-state index is 7.19. The summed E-state index contributed by atoms with van der Waals surface area (Å²) in [6.45, 7) is 17.9. The fraction of sp³-hybridized carbons (Fsp3) is 0.179. The van der Waals surface area contributed by atoms with Gasteiger partial charge in [-0.05, 0) is 107 Å². The first-order chi connectivity index (χ1) is 28.8. The quantitative estimate of drug-likeness (QED) is 0.168. The van der Waals surface area contributed by atoms with Crippen LogP contribution in [0.5, 0.6) is 0 Å². The lowest BCUT2D eigenvalue weighted by molar-refractivity contribution is 0.590. The molecule has 0 saturated heterocycles. The van der Waals surface area contributed by atoms with E-state index >= 15 is 0 Å². The molecule has 0 amide bonds. The molecule has 0 aliphatic rings. The second kappa shape index (κ2) is 13.9. The highest BCUT2D eigenvalue weighted by molar-refractivity contribution is 6.33. The predicted octanol–water partition coefficient (Wildman–Crippen LogP) is 16.8. The topological polar surface area (TPSA) is 32.8 Å². The predicted molar refractivity (Wildman–Crippen MR) is 255 cm³/mol. The van der Waals surface area contributed by atoms with Gasteiger partial charge in [0, 0.05) is 61.8 Å². The van der Waals surface area contributed by atoms with E-state index in [0.29, 0.717) is 0 Å².